The van der Waals surface area contributed by atoms with E-state index < -0.39 is 31.1 Å². The Morgan fingerprint density at radius 3 is 1.75 bits per heavy atom. The van der Waals surface area contributed by atoms with Crippen LogP contribution >= 0.6 is 0 Å². The molecule has 4 rings (SSSR count). The summed E-state index contributed by atoms with van der Waals surface area (Å²) in [5, 5.41) is 0. The Labute approximate surface area is 236 Å². The van der Waals surface area contributed by atoms with Crippen molar-refractivity contribution in [3.05, 3.63) is 113 Å². The molecule has 0 amide bonds. The minimum absolute atomic E-state index is 0.158. The van der Waals surface area contributed by atoms with E-state index in [0.29, 0.717) is 22.8 Å². The summed E-state index contributed by atoms with van der Waals surface area (Å²) >= 11 is 0. The highest BCUT2D eigenvalue weighted by atomic mass is 32.2. The lowest BCUT2D eigenvalue weighted by molar-refractivity contribution is 0.414. The fourth-order valence-electron chi connectivity index (χ4n) is 4.44. The van der Waals surface area contributed by atoms with Gasteiger partial charge in [0.05, 0.1) is 16.9 Å². The van der Waals surface area contributed by atoms with E-state index in [1.54, 1.807) is 24.3 Å². The Hall–Kier alpha value is -3.66. The van der Waals surface area contributed by atoms with Crippen LogP contribution in [0.1, 0.15) is 41.7 Å². The summed E-state index contributed by atoms with van der Waals surface area (Å²) < 4.78 is 69.5. The lowest BCUT2D eigenvalue weighted by Crippen LogP contribution is -2.20. The van der Waals surface area contributed by atoms with Crippen LogP contribution in [-0.4, -0.2) is 28.5 Å². The molecule has 1 N–H and O–H groups in total. The van der Waals surface area contributed by atoms with Crippen molar-refractivity contribution in [1.82, 2.24) is 0 Å². The van der Waals surface area contributed by atoms with E-state index in [-0.39, 0.29) is 9.79 Å². The molecule has 0 unspecified atom stereocenters. The molecular formula is C31H32O7S2. The Morgan fingerprint density at radius 2 is 1.23 bits per heavy atom. The summed E-state index contributed by atoms with van der Waals surface area (Å²) in [5.74, 6) is 1.26. The quantitative estimate of drug-likeness (QED) is 0.221. The molecule has 0 bridgehead atoms. The molecule has 0 saturated carbocycles. The molecular weight excluding hydrogens is 548 g/mol. The van der Waals surface area contributed by atoms with Crippen LogP contribution in [0.15, 0.2) is 94.7 Å². The van der Waals surface area contributed by atoms with Crippen LogP contribution in [0.3, 0.4) is 0 Å². The molecule has 0 aromatic heterocycles. The van der Waals surface area contributed by atoms with Gasteiger partial charge in [-0.3, -0.25) is 4.55 Å². The summed E-state index contributed by atoms with van der Waals surface area (Å²) in [7, 11) is -6.31. The molecule has 0 atom stereocenters. The number of hydrogen-bond donors (Lipinski definition) is 1. The van der Waals surface area contributed by atoms with Gasteiger partial charge in [-0.15, -0.1) is 0 Å². The van der Waals surface area contributed by atoms with Crippen LogP contribution in [-0.2, 0) is 31.1 Å². The Bertz CT molecular complexity index is 1740. The highest BCUT2D eigenvalue weighted by Gasteiger charge is 2.25. The van der Waals surface area contributed by atoms with Gasteiger partial charge in [0.25, 0.3) is 10.1 Å². The average molecular weight is 581 g/mol. The lowest BCUT2D eigenvalue weighted by atomic mass is 9.77. The van der Waals surface area contributed by atoms with E-state index in [4.69, 9.17) is 9.47 Å². The van der Waals surface area contributed by atoms with Crippen LogP contribution in [0.5, 0.6) is 17.2 Å². The van der Waals surface area contributed by atoms with E-state index in [1.165, 1.54) is 31.4 Å². The Kier molecular flexibility index (Phi) is 8.12. The summed E-state index contributed by atoms with van der Waals surface area (Å²) in [6.07, 6.45) is 0. The van der Waals surface area contributed by atoms with E-state index >= 15 is 0 Å². The smallest absolute Gasteiger partial charge is 0.269 e. The van der Waals surface area contributed by atoms with Gasteiger partial charge in [-0.1, -0.05) is 44.2 Å². The SMILES string of the molecule is COc1ccc(S(=O)(=O)c2ccc(Oc3ccc(C(C)(C)c4ccc(C)c(CS(=O)(=O)O)c4)cc3C)cc2)cc1. The predicted molar refractivity (Wildman–Crippen MR) is 155 cm³/mol. The average Bonchev–Trinajstić information content (AvgIpc) is 2.90. The molecule has 4 aromatic carbocycles. The lowest BCUT2D eigenvalue weighted by Gasteiger charge is -2.28. The first-order chi connectivity index (χ1) is 18.7. The Balaban J connectivity index is 1.54. The van der Waals surface area contributed by atoms with Crippen LogP contribution < -0.4 is 9.47 Å². The minimum Gasteiger partial charge on any atom is -0.497 e. The molecule has 40 heavy (non-hydrogen) atoms. The fraction of sp³-hybridized carbons (Fsp3) is 0.226. The van der Waals surface area contributed by atoms with Gasteiger partial charge in [0.1, 0.15) is 23.0 Å². The minimum atomic E-state index is -4.15. The summed E-state index contributed by atoms with van der Waals surface area (Å²) in [5.41, 5.74) is 3.69. The number of rotatable bonds is 9. The summed E-state index contributed by atoms with van der Waals surface area (Å²) in [6, 6.07) is 24.0. The van der Waals surface area contributed by atoms with Gasteiger partial charge in [0.2, 0.25) is 9.84 Å². The number of benzene rings is 4. The first-order valence-corrected chi connectivity index (χ1v) is 15.6. The maximum Gasteiger partial charge on any atom is 0.269 e. The van der Waals surface area contributed by atoms with E-state index in [1.807, 2.05) is 64.1 Å². The zero-order valence-corrected chi connectivity index (χ0v) is 24.6. The molecule has 0 fully saturated rings. The molecule has 0 aliphatic rings. The second kappa shape index (κ2) is 11.1. The Morgan fingerprint density at radius 1 is 0.700 bits per heavy atom. The first-order valence-electron chi connectivity index (χ1n) is 12.5. The van der Waals surface area contributed by atoms with Gasteiger partial charge in [-0.05, 0) is 96.3 Å². The molecule has 0 heterocycles. The molecule has 0 spiro atoms. The van der Waals surface area contributed by atoms with Crippen LogP contribution in [0.4, 0.5) is 0 Å². The van der Waals surface area contributed by atoms with Crippen LogP contribution in [0.2, 0.25) is 0 Å². The zero-order chi connectivity index (χ0) is 29.3. The van der Waals surface area contributed by atoms with Gasteiger partial charge in [0.15, 0.2) is 0 Å². The molecule has 0 aliphatic heterocycles. The standard InChI is InChI=1S/C31H32O7S2/c1-21-6-7-25(19-23(21)20-39(32,33)34)31(3,4)24-8-17-30(22(2)18-24)38-27-11-15-29(16-12-27)40(35,36)28-13-9-26(37-5)10-14-28/h6-19H,20H2,1-5H3,(H,32,33,34). The molecule has 0 saturated heterocycles. The van der Waals surface area contributed by atoms with Crippen molar-refractivity contribution in [2.45, 2.75) is 48.7 Å². The third-order valence-electron chi connectivity index (χ3n) is 7.04. The third kappa shape index (κ3) is 6.38. The first kappa shape index (κ1) is 29.3. The van der Waals surface area contributed by atoms with Crippen molar-refractivity contribution in [1.29, 1.82) is 0 Å². The van der Waals surface area contributed by atoms with Crippen LogP contribution in [0, 0.1) is 13.8 Å². The monoisotopic (exact) mass is 580 g/mol. The molecule has 9 heteroatoms. The number of ether oxygens (including phenoxy) is 2. The number of aryl methyl sites for hydroxylation is 2. The molecule has 0 radical (unpaired) electrons. The van der Waals surface area contributed by atoms with Crippen molar-refractivity contribution in [2.24, 2.45) is 0 Å². The predicted octanol–water partition coefficient (Wildman–Crippen LogP) is 6.65. The summed E-state index contributed by atoms with van der Waals surface area (Å²) in [6.45, 7) is 7.84. The normalized spacial score (nSPS) is 12.2. The van der Waals surface area contributed by atoms with Crippen LogP contribution in [0.25, 0.3) is 0 Å². The van der Waals surface area contributed by atoms with E-state index in [0.717, 1.165) is 22.3 Å². The number of sulfone groups is 1. The van der Waals surface area contributed by atoms with Gasteiger partial charge >= 0.3 is 0 Å². The van der Waals surface area contributed by atoms with Crippen molar-refractivity contribution < 1.29 is 30.9 Å². The largest absolute Gasteiger partial charge is 0.497 e. The maximum absolute atomic E-state index is 13.0. The third-order valence-corrected chi connectivity index (χ3v) is 9.50. The second-order valence-electron chi connectivity index (χ2n) is 10.2. The van der Waals surface area contributed by atoms with Gasteiger partial charge < -0.3 is 9.47 Å². The van der Waals surface area contributed by atoms with Gasteiger partial charge in [0, 0.05) is 5.41 Å². The topological polar surface area (TPSA) is 107 Å². The highest BCUT2D eigenvalue weighted by Crippen LogP contribution is 2.36. The maximum atomic E-state index is 13.0. The molecule has 210 valence electrons. The van der Waals surface area contributed by atoms with Crippen molar-refractivity contribution in [2.75, 3.05) is 7.11 Å². The number of methoxy groups -OCH3 is 1. The molecule has 4 aromatic rings. The number of hydrogen-bond acceptors (Lipinski definition) is 6. The van der Waals surface area contributed by atoms with Crippen molar-refractivity contribution in [3.8, 4) is 17.2 Å². The van der Waals surface area contributed by atoms with E-state index in [9.17, 15) is 21.4 Å². The van der Waals surface area contributed by atoms with Crippen molar-refractivity contribution in [3.63, 3.8) is 0 Å². The zero-order valence-electron chi connectivity index (χ0n) is 23.0. The summed E-state index contributed by atoms with van der Waals surface area (Å²) in [4.78, 5) is 0.333. The molecule has 7 nitrogen and oxygen atoms in total. The van der Waals surface area contributed by atoms with E-state index in [2.05, 4.69) is 0 Å². The van der Waals surface area contributed by atoms with Gasteiger partial charge in [-0.25, -0.2) is 8.42 Å². The van der Waals surface area contributed by atoms with Gasteiger partial charge in [-0.2, -0.15) is 8.42 Å². The molecule has 0 aliphatic carbocycles. The highest BCUT2D eigenvalue weighted by molar-refractivity contribution is 7.91. The fourth-order valence-corrected chi connectivity index (χ4v) is 6.40. The van der Waals surface area contributed by atoms with Crippen molar-refractivity contribution >= 4 is 20.0 Å². The second-order valence-corrected chi connectivity index (χ2v) is 13.6.